The van der Waals surface area contributed by atoms with Gasteiger partial charge in [-0.25, -0.2) is 4.79 Å². The van der Waals surface area contributed by atoms with E-state index in [1.54, 1.807) is 19.2 Å². The summed E-state index contributed by atoms with van der Waals surface area (Å²) in [6.45, 7) is 4.00. The van der Waals surface area contributed by atoms with Crippen LogP contribution in [0.4, 0.5) is 5.95 Å². The lowest BCUT2D eigenvalue weighted by Gasteiger charge is -2.31. The fourth-order valence-electron chi connectivity index (χ4n) is 3.74. The van der Waals surface area contributed by atoms with Crippen LogP contribution >= 0.6 is 23.2 Å². The molecule has 2 aromatic heterocycles. The molecule has 0 atom stereocenters. The normalized spacial score (nSPS) is 15.4. The van der Waals surface area contributed by atoms with Crippen molar-refractivity contribution in [1.29, 1.82) is 0 Å². The Morgan fingerprint density at radius 3 is 2.41 bits per heavy atom. The molecule has 1 fully saturated rings. The van der Waals surface area contributed by atoms with Crippen LogP contribution in [-0.4, -0.2) is 51.9 Å². The topological polar surface area (TPSA) is 69.5 Å². The molecule has 1 aromatic carbocycles. The maximum atomic E-state index is 13.0. The highest BCUT2D eigenvalue weighted by atomic mass is 35.5. The number of aryl methyl sites for hydroxylation is 1. The van der Waals surface area contributed by atoms with Gasteiger partial charge in [0, 0.05) is 14.1 Å². The molecule has 29 heavy (non-hydrogen) atoms. The van der Waals surface area contributed by atoms with E-state index >= 15 is 0 Å². The molecule has 10 heteroatoms. The molecule has 0 amide bonds. The Morgan fingerprint density at radius 2 is 1.76 bits per heavy atom. The van der Waals surface area contributed by atoms with Gasteiger partial charge in [0.05, 0.1) is 49.8 Å². The van der Waals surface area contributed by atoms with Gasteiger partial charge in [0.25, 0.3) is 5.56 Å². The third kappa shape index (κ3) is 3.45. The second kappa shape index (κ2) is 7.51. The predicted molar refractivity (Wildman–Crippen MR) is 115 cm³/mol. The lowest BCUT2D eigenvalue weighted by molar-refractivity contribution is -0.880. The maximum Gasteiger partial charge on any atom is 0.332 e. The number of hydrogen-bond acceptors (Lipinski definition) is 4. The number of nitrogens with one attached hydrogen (secondary N) is 1. The Balaban J connectivity index is 1.93. The Kier molecular flexibility index (Phi) is 5.18. The standard InChI is InChI=1S/C19H22Cl2N6O2/c1-23-6-8-26(9-7-23)18-22-16-15(17(28)25(3)19(29)24(16)2)27(18)11-12-4-5-13(20)14(21)10-12/h4-5,10H,6-9,11H2,1-3H3/p+1. The van der Waals surface area contributed by atoms with Crippen LogP contribution in [0.25, 0.3) is 11.2 Å². The maximum absolute atomic E-state index is 13.0. The third-order valence-electron chi connectivity index (χ3n) is 5.55. The Morgan fingerprint density at radius 1 is 1.07 bits per heavy atom. The predicted octanol–water partition coefficient (Wildman–Crippen LogP) is 0.124. The molecule has 0 bridgehead atoms. The summed E-state index contributed by atoms with van der Waals surface area (Å²) in [5, 5.41) is 0.935. The minimum absolute atomic E-state index is 0.360. The molecular weight excluding hydrogens is 415 g/mol. The lowest BCUT2D eigenvalue weighted by Crippen LogP contribution is -3.12. The second-order valence-corrected chi connectivity index (χ2v) is 8.38. The van der Waals surface area contributed by atoms with Gasteiger partial charge in [-0.2, -0.15) is 4.98 Å². The van der Waals surface area contributed by atoms with Gasteiger partial charge in [0.15, 0.2) is 11.2 Å². The van der Waals surface area contributed by atoms with Gasteiger partial charge in [-0.3, -0.25) is 18.5 Å². The van der Waals surface area contributed by atoms with Gasteiger partial charge in [-0.15, -0.1) is 0 Å². The molecule has 1 N–H and O–H groups in total. The van der Waals surface area contributed by atoms with E-state index in [0.29, 0.717) is 33.7 Å². The molecule has 0 aliphatic carbocycles. The average molecular weight is 438 g/mol. The second-order valence-electron chi connectivity index (χ2n) is 7.57. The van der Waals surface area contributed by atoms with Crippen molar-refractivity contribution in [3.8, 4) is 0 Å². The molecule has 0 unspecified atom stereocenters. The van der Waals surface area contributed by atoms with Crippen molar-refractivity contribution >= 4 is 40.3 Å². The molecular formula is C19H23Cl2N6O2+. The van der Waals surface area contributed by atoms with Gasteiger partial charge in [-0.1, -0.05) is 29.3 Å². The van der Waals surface area contributed by atoms with Crippen LogP contribution in [0.3, 0.4) is 0 Å². The summed E-state index contributed by atoms with van der Waals surface area (Å²) in [6.07, 6.45) is 0. The summed E-state index contributed by atoms with van der Waals surface area (Å²) < 4.78 is 4.43. The van der Waals surface area contributed by atoms with E-state index in [9.17, 15) is 9.59 Å². The SMILES string of the molecule is Cn1c(=O)c2c(nc(N3CC[NH+](C)CC3)n2Cc2ccc(Cl)c(Cl)c2)n(C)c1=O. The summed E-state index contributed by atoms with van der Waals surface area (Å²) in [5.41, 5.74) is 0.940. The van der Waals surface area contributed by atoms with Crippen molar-refractivity contribution in [2.45, 2.75) is 6.54 Å². The fraction of sp³-hybridized carbons (Fsp3) is 0.421. The molecule has 3 aromatic rings. The fourth-order valence-corrected chi connectivity index (χ4v) is 4.06. The summed E-state index contributed by atoms with van der Waals surface area (Å²) in [5.74, 6) is 0.692. The van der Waals surface area contributed by atoms with E-state index in [-0.39, 0.29) is 5.56 Å². The number of quaternary nitrogens is 1. The highest BCUT2D eigenvalue weighted by Crippen LogP contribution is 2.26. The van der Waals surface area contributed by atoms with Crippen molar-refractivity contribution < 1.29 is 4.90 Å². The smallest absolute Gasteiger partial charge is 0.332 e. The van der Waals surface area contributed by atoms with Crippen LogP contribution < -0.4 is 21.0 Å². The van der Waals surface area contributed by atoms with Gasteiger partial charge in [0.2, 0.25) is 5.95 Å². The van der Waals surface area contributed by atoms with Crippen molar-refractivity contribution in [1.82, 2.24) is 18.7 Å². The molecule has 4 rings (SSSR count). The van der Waals surface area contributed by atoms with Crippen molar-refractivity contribution in [3.05, 3.63) is 54.6 Å². The molecule has 1 aliphatic heterocycles. The zero-order chi connectivity index (χ0) is 20.9. The van der Waals surface area contributed by atoms with Gasteiger partial charge in [0.1, 0.15) is 0 Å². The Hall–Kier alpha value is -2.29. The van der Waals surface area contributed by atoms with E-state index in [4.69, 9.17) is 28.2 Å². The summed E-state index contributed by atoms with van der Waals surface area (Å²) in [6, 6.07) is 5.41. The summed E-state index contributed by atoms with van der Waals surface area (Å²) >= 11 is 12.3. The third-order valence-corrected chi connectivity index (χ3v) is 6.29. The van der Waals surface area contributed by atoms with Crippen LogP contribution in [0.2, 0.25) is 10.0 Å². The Labute approximate surface area is 177 Å². The minimum Gasteiger partial charge on any atom is -0.334 e. The van der Waals surface area contributed by atoms with Crippen molar-refractivity contribution in [2.75, 3.05) is 38.1 Å². The molecule has 0 radical (unpaired) electrons. The largest absolute Gasteiger partial charge is 0.334 e. The van der Waals surface area contributed by atoms with Gasteiger partial charge < -0.3 is 9.80 Å². The molecule has 0 spiro atoms. The number of nitrogens with zero attached hydrogens (tertiary/aromatic N) is 5. The number of anilines is 1. The van der Waals surface area contributed by atoms with Crippen molar-refractivity contribution in [3.63, 3.8) is 0 Å². The van der Waals surface area contributed by atoms with Gasteiger partial charge in [-0.05, 0) is 17.7 Å². The first-order valence-corrected chi connectivity index (χ1v) is 10.2. The lowest BCUT2D eigenvalue weighted by atomic mass is 10.2. The molecule has 154 valence electrons. The summed E-state index contributed by atoms with van der Waals surface area (Å²) in [7, 11) is 5.29. The van der Waals surface area contributed by atoms with Gasteiger partial charge >= 0.3 is 5.69 Å². The van der Waals surface area contributed by atoms with E-state index in [1.807, 2.05) is 10.6 Å². The van der Waals surface area contributed by atoms with Crippen LogP contribution in [0.1, 0.15) is 5.56 Å². The number of halogens is 2. The number of piperazine rings is 1. The first kappa shape index (κ1) is 20.0. The van der Waals surface area contributed by atoms with E-state index in [0.717, 1.165) is 36.3 Å². The minimum atomic E-state index is -0.393. The monoisotopic (exact) mass is 437 g/mol. The van der Waals surface area contributed by atoms with Crippen LogP contribution in [0.5, 0.6) is 0 Å². The number of likely N-dealkylation sites (N-methyl/N-ethyl adjacent to an activating group) is 1. The highest BCUT2D eigenvalue weighted by molar-refractivity contribution is 6.42. The number of rotatable bonds is 3. The molecule has 3 heterocycles. The molecule has 0 saturated carbocycles. The average Bonchev–Trinajstić information content (AvgIpc) is 3.07. The number of aromatic nitrogens is 4. The first-order chi connectivity index (χ1) is 13.8. The van der Waals surface area contributed by atoms with Crippen LogP contribution in [-0.2, 0) is 20.6 Å². The number of imidazole rings is 1. The van der Waals surface area contributed by atoms with E-state index in [1.165, 1.54) is 16.5 Å². The van der Waals surface area contributed by atoms with E-state index in [2.05, 4.69) is 11.9 Å². The quantitative estimate of drug-likeness (QED) is 0.631. The number of benzene rings is 1. The summed E-state index contributed by atoms with van der Waals surface area (Å²) in [4.78, 5) is 33.8. The zero-order valence-electron chi connectivity index (χ0n) is 16.6. The zero-order valence-corrected chi connectivity index (χ0v) is 18.1. The van der Waals surface area contributed by atoms with E-state index < -0.39 is 5.69 Å². The van der Waals surface area contributed by atoms with Crippen molar-refractivity contribution in [2.24, 2.45) is 14.1 Å². The van der Waals surface area contributed by atoms with Crippen LogP contribution in [0, 0.1) is 0 Å². The highest BCUT2D eigenvalue weighted by Gasteiger charge is 2.26. The Bertz CT molecular complexity index is 1200. The number of fused-ring (bicyclic) bond motifs is 1. The molecule has 8 nitrogen and oxygen atoms in total. The molecule has 1 aliphatic rings. The first-order valence-electron chi connectivity index (χ1n) is 9.44. The number of hydrogen-bond donors (Lipinski definition) is 1. The molecule has 1 saturated heterocycles. The van der Waals surface area contributed by atoms with Crippen LogP contribution in [0.15, 0.2) is 27.8 Å².